The Morgan fingerprint density at radius 2 is 1.88 bits per heavy atom. The van der Waals surface area contributed by atoms with Crippen molar-refractivity contribution in [2.75, 3.05) is 29.9 Å². The predicted molar refractivity (Wildman–Crippen MR) is 124 cm³/mol. The first-order chi connectivity index (χ1) is 15.6. The van der Waals surface area contributed by atoms with Gasteiger partial charge in [0.2, 0.25) is 0 Å². The van der Waals surface area contributed by atoms with E-state index >= 15 is 0 Å². The van der Waals surface area contributed by atoms with Gasteiger partial charge in [-0.3, -0.25) is 19.7 Å². The molecule has 1 aliphatic rings. The molecule has 0 bridgehead atoms. The van der Waals surface area contributed by atoms with Crippen molar-refractivity contribution in [3.63, 3.8) is 0 Å². The first-order valence-electron chi connectivity index (χ1n) is 10.6. The van der Waals surface area contributed by atoms with Gasteiger partial charge in [-0.2, -0.15) is 5.10 Å². The number of halogens is 1. The molecule has 2 amide bonds. The van der Waals surface area contributed by atoms with Crippen LogP contribution in [0.4, 0.5) is 11.5 Å². The molecule has 32 heavy (non-hydrogen) atoms. The third-order valence-electron chi connectivity index (χ3n) is 5.63. The summed E-state index contributed by atoms with van der Waals surface area (Å²) in [7, 11) is 0. The van der Waals surface area contributed by atoms with Gasteiger partial charge in [-0.1, -0.05) is 17.7 Å². The van der Waals surface area contributed by atoms with Gasteiger partial charge in [-0.25, -0.2) is 0 Å². The number of hydrogen-bond acceptors (Lipinski definition) is 5. The van der Waals surface area contributed by atoms with Gasteiger partial charge in [0.15, 0.2) is 5.82 Å². The lowest BCUT2D eigenvalue weighted by Gasteiger charge is -2.33. The highest BCUT2D eigenvalue weighted by Crippen LogP contribution is 2.24. The summed E-state index contributed by atoms with van der Waals surface area (Å²) in [6.07, 6.45) is 6.77. The summed E-state index contributed by atoms with van der Waals surface area (Å²) in [5.74, 6) is 0.283. The van der Waals surface area contributed by atoms with E-state index in [9.17, 15) is 9.59 Å². The molecule has 0 spiro atoms. The predicted octanol–water partition coefficient (Wildman–Crippen LogP) is 3.75. The molecule has 2 aromatic heterocycles. The Labute approximate surface area is 191 Å². The largest absolute Gasteiger partial charge is 0.371 e. The lowest BCUT2D eigenvalue weighted by Crippen LogP contribution is -2.35. The lowest BCUT2D eigenvalue weighted by atomic mass is 9.93. The van der Waals surface area contributed by atoms with Crippen LogP contribution in [0.15, 0.2) is 54.9 Å². The van der Waals surface area contributed by atoms with E-state index in [0.717, 1.165) is 32.4 Å². The number of hydrogen-bond donors (Lipinski definition) is 3. The summed E-state index contributed by atoms with van der Waals surface area (Å²) in [5.41, 5.74) is 1.93. The van der Waals surface area contributed by atoms with Crippen LogP contribution in [0.3, 0.4) is 0 Å². The number of rotatable bonds is 7. The molecule has 1 aromatic carbocycles. The van der Waals surface area contributed by atoms with E-state index in [-0.39, 0.29) is 17.6 Å². The van der Waals surface area contributed by atoms with Gasteiger partial charge in [0, 0.05) is 54.4 Å². The third kappa shape index (κ3) is 5.64. The third-order valence-corrected chi connectivity index (χ3v) is 5.87. The molecule has 3 heterocycles. The molecule has 1 aliphatic heterocycles. The fraction of sp³-hybridized carbons (Fsp3) is 0.304. The van der Waals surface area contributed by atoms with Gasteiger partial charge in [0.1, 0.15) is 5.69 Å². The summed E-state index contributed by atoms with van der Waals surface area (Å²) in [5, 5.41) is 12.7. The molecule has 3 N–H and O–H groups in total. The Kier molecular flexibility index (Phi) is 7.01. The van der Waals surface area contributed by atoms with E-state index in [1.165, 1.54) is 11.8 Å². The Morgan fingerprint density at radius 3 is 2.62 bits per heavy atom. The summed E-state index contributed by atoms with van der Waals surface area (Å²) in [6, 6.07) is 12.2. The molecule has 3 aromatic rings. The van der Waals surface area contributed by atoms with Crippen LogP contribution in [-0.4, -0.2) is 46.6 Å². The van der Waals surface area contributed by atoms with Crippen LogP contribution in [0.1, 0.15) is 40.1 Å². The first kappa shape index (κ1) is 21.8. The number of pyridine rings is 1. The zero-order valence-electron chi connectivity index (χ0n) is 17.6. The highest BCUT2D eigenvalue weighted by Gasteiger charge is 2.20. The van der Waals surface area contributed by atoms with Crippen molar-refractivity contribution in [1.82, 2.24) is 20.5 Å². The standard InChI is InChI=1S/C23H25ClN6O2/c24-18-3-1-2-17(14-18)22(31)27-21-15-20(28-29-21)23(32)26-11-4-16-7-12-30(13-8-16)19-5-9-25-10-6-19/h1-3,5-6,9-10,14-16H,4,7-8,11-13H2,(H,26,32)(H2,27,28,29,31). The fourth-order valence-electron chi connectivity index (χ4n) is 3.84. The van der Waals surface area contributed by atoms with Gasteiger partial charge in [0.25, 0.3) is 11.8 Å². The molecule has 0 aliphatic carbocycles. The maximum atomic E-state index is 12.4. The van der Waals surface area contributed by atoms with Crippen LogP contribution in [-0.2, 0) is 0 Å². The summed E-state index contributed by atoms with van der Waals surface area (Å²) >= 11 is 5.92. The summed E-state index contributed by atoms with van der Waals surface area (Å²) in [6.45, 7) is 2.62. The second kappa shape index (κ2) is 10.3. The summed E-state index contributed by atoms with van der Waals surface area (Å²) in [4.78, 5) is 31.1. The minimum Gasteiger partial charge on any atom is -0.371 e. The quantitative estimate of drug-likeness (QED) is 0.506. The molecule has 0 radical (unpaired) electrons. The molecule has 0 atom stereocenters. The number of nitrogens with zero attached hydrogens (tertiary/aromatic N) is 3. The van der Waals surface area contributed by atoms with Crippen LogP contribution in [0.25, 0.3) is 0 Å². The Hall–Kier alpha value is -3.39. The van der Waals surface area contributed by atoms with Gasteiger partial charge in [0.05, 0.1) is 0 Å². The second-order valence-electron chi connectivity index (χ2n) is 7.81. The Morgan fingerprint density at radius 1 is 1.09 bits per heavy atom. The van der Waals surface area contributed by atoms with Crippen molar-refractivity contribution in [3.05, 3.63) is 71.1 Å². The minimum atomic E-state index is -0.343. The van der Waals surface area contributed by atoms with E-state index in [4.69, 9.17) is 11.6 Å². The van der Waals surface area contributed by atoms with Crippen LogP contribution in [0.2, 0.25) is 5.02 Å². The smallest absolute Gasteiger partial charge is 0.269 e. The molecule has 0 unspecified atom stereocenters. The number of nitrogens with one attached hydrogen (secondary N) is 3. The van der Waals surface area contributed by atoms with Crippen molar-refractivity contribution in [1.29, 1.82) is 0 Å². The molecule has 1 saturated heterocycles. The van der Waals surface area contributed by atoms with Gasteiger partial charge in [-0.15, -0.1) is 0 Å². The Bertz CT molecular complexity index is 1060. The second-order valence-corrected chi connectivity index (χ2v) is 8.25. The number of H-pyrrole nitrogens is 1. The van der Waals surface area contributed by atoms with E-state index in [1.54, 1.807) is 24.3 Å². The molecule has 0 saturated carbocycles. The lowest BCUT2D eigenvalue weighted by molar-refractivity contribution is 0.0944. The Balaban J connectivity index is 1.20. The number of anilines is 2. The van der Waals surface area contributed by atoms with E-state index in [1.807, 2.05) is 24.5 Å². The van der Waals surface area contributed by atoms with E-state index in [0.29, 0.717) is 28.7 Å². The van der Waals surface area contributed by atoms with Crippen molar-refractivity contribution in [3.8, 4) is 0 Å². The molecule has 9 heteroatoms. The fourth-order valence-corrected chi connectivity index (χ4v) is 4.03. The summed E-state index contributed by atoms with van der Waals surface area (Å²) < 4.78 is 0. The minimum absolute atomic E-state index is 0.241. The molecule has 1 fully saturated rings. The number of amides is 2. The number of carbonyl (C=O) groups is 2. The normalized spacial score (nSPS) is 14.2. The van der Waals surface area contributed by atoms with Crippen molar-refractivity contribution in [2.45, 2.75) is 19.3 Å². The zero-order valence-corrected chi connectivity index (χ0v) is 18.3. The number of benzene rings is 1. The van der Waals surface area contributed by atoms with Crippen molar-refractivity contribution >= 4 is 34.9 Å². The topological polar surface area (TPSA) is 103 Å². The average molecular weight is 453 g/mol. The molecule has 166 valence electrons. The number of carbonyl (C=O) groups excluding carboxylic acids is 2. The molecular formula is C23H25ClN6O2. The van der Waals surface area contributed by atoms with Crippen molar-refractivity contribution < 1.29 is 9.59 Å². The molecule has 8 nitrogen and oxygen atoms in total. The van der Waals surface area contributed by atoms with Gasteiger partial charge in [-0.05, 0) is 55.5 Å². The van der Waals surface area contributed by atoms with Crippen LogP contribution in [0.5, 0.6) is 0 Å². The number of piperidine rings is 1. The number of aromatic amines is 1. The highest BCUT2D eigenvalue weighted by molar-refractivity contribution is 6.31. The van der Waals surface area contributed by atoms with Crippen LogP contribution < -0.4 is 15.5 Å². The molecular weight excluding hydrogens is 428 g/mol. The van der Waals surface area contributed by atoms with Gasteiger partial charge < -0.3 is 15.5 Å². The first-order valence-corrected chi connectivity index (χ1v) is 11.0. The SMILES string of the molecule is O=C(Nc1cc(C(=O)NCCC2CCN(c3ccncc3)CC2)[nH]n1)c1cccc(Cl)c1. The van der Waals surface area contributed by atoms with Crippen LogP contribution >= 0.6 is 11.6 Å². The van der Waals surface area contributed by atoms with Crippen LogP contribution in [0, 0.1) is 5.92 Å². The highest BCUT2D eigenvalue weighted by atomic mass is 35.5. The van der Waals surface area contributed by atoms with E-state index in [2.05, 4.69) is 30.7 Å². The zero-order chi connectivity index (χ0) is 22.3. The average Bonchev–Trinajstić information content (AvgIpc) is 3.29. The molecule has 4 rings (SSSR count). The number of aromatic nitrogens is 3. The monoisotopic (exact) mass is 452 g/mol. The van der Waals surface area contributed by atoms with Gasteiger partial charge >= 0.3 is 0 Å². The van der Waals surface area contributed by atoms with Crippen molar-refractivity contribution in [2.24, 2.45) is 5.92 Å². The maximum absolute atomic E-state index is 12.4. The van der Waals surface area contributed by atoms with E-state index < -0.39 is 0 Å². The maximum Gasteiger partial charge on any atom is 0.269 e.